The number of halogens is 1. The molecule has 6 nitrogen and oxygen atoms in total. The minimum atomic E-state index is -3.88. The van der Waals surface area contributed by atoms with Crippen LogP contribution in [0.3, 0.4) is 0 Å². The average Bonchev–Trinajstić information content (AvgIpc) is 2.54. The third-order valence-electron chi connectivity index (χ3n) is 3.44. The van der Waals surface area contributed by atoms with Crippen LogP contribution in [0.2, 0.25) is 0 Å². The van der Waals surface area contributed by atoms with Gasteiger partial charge in [-0.1, -0.05) is 12.1 Å². The smallest absolute Gasteiger partial charge is 0.336 e. The van der Waals surface area contributed by atoms with Gasteiger partial charge in [-0.05, 0) is 46.3 Å². The highest BCUT2D eigenvalue weighted by Gasteiger charge is 2.30. The van der Waals surface area contributed by atoms with Crippen molar-refractivity contribution in [2.75, 3.05) is 17.5 Å². The van der Waals surface area contributed by atoms with Crippen molar-refractivity contribution in [3.8, 4) is 5.75 Å². The average molecular weight is 398 g/mol. The van der Waals surface area contributed by atoms with Crippen LogP contribution in [0.4, 0.5) is 5.69 Å². The van der Waals surface area contributed by atoms with E-state index >= 15 is 0 Å². The number of hydrogen-bond acceptors (Lipinski definition) is 4. The monoisotopic (exact) mass is 397 g/mol. The predicted molar refractivity (Wildman–Crippen MR) is 87.6 cm³/mol. The van der Waals surface area contributed by atoms with E-state index in [1.807, 2.05) is 0 Å². The number of fused-ring (bicyclic) bond motifs is 1. The van der Waals surface area contributed by atoms with E-state index in [9.17, 15) is 13.2 Å². The van der Waals surface area contributed by atoms with E-state index < -0.39 is 16.0 Å². The summed E-state index contributed by atoms with van der Waals surface area (Å²) in [5.74, 6) is -0.714. The van der Waals surface area contributed by atoms with Gasteiger partial charge < -0.3 is 9.84 Å². The van der Waals surface area contributed by atoms with Crippen LogP contribution in [0.5, 0.6) is 5.75 Å². The van der Waals surface area contributed by atoms with Crippen LogP contribution in [-0.2, 0) is 10.0 Å². The first kappa shape index (κ1) is 15.8. The van der Waals surface area contributed by atoms with Crippen LogP contribution in [0.25, 0.3) is 0 Å². The number of nitrogens with zero attached hydrogens (tertiary/aromatic N) is 1. The van der Waals surface area contributed by atoms with Crippen LogP contribution in [0.15, 0.2) is 51.8 Å². The van der Waals surface area contributed by atoms with Crippen molar-refractivity contribution in [2.45, 2.75) is 4.90 Å². The van der Waals surface area contributed by atoms with E-state index in [4.69, 9.17) is 9.84 Å². The first-order chi connectivity index (χ1) is 10.9. The molecular weight excluding hydrogens is 386 g/mol. The Morgan fingerprint density at radius 1 is 1.22 bits per heavy atom. The number of rotatable bonds is 3. The Labute approximate surface area is 141 Å². The van der Waals surface area contributed by atoms with Gasteiger partial charge in [-0.3, -0.25) is 4.31 Å². The molecule has 0 fully saturated rings. The summed E-state index contributed by atoms with van der Waals surface area (Å²) in [5.41, 5.74) is 0.339. The number of aromatic carboxylic acids is 1. The molecule has 8 heteroatoms. The van der Waals surface area contributed by atoms with Gasteiger partial charge in [0, 0.05) is 4.47 Å². The summed E-state index contributed by atoms with van der Waals surface area (Å²) in [4.78, 5) is 11.1. The Kier molecular flexibility index (Phi) is 4.03. The number of ether oxygens (including phenoxy) is 1. The minimum Gasteiger partial charge on any atom is -0.489 e. The fourth-order valence-electron chi connectivity index (χ4n) is 2.35. The van der Waals surface area contributed by atoms with Gasteiger partial charge in [0.1, 0.15) is 12.4 Å². The third-order valence-corrected chi connectivity index (χ3v) is 5.94. The second-order valence-electron chi connectivity index (χ2n) is 4.84. The van der Waals surface area contributed by atoms with Crippen molar-refractivity contribution < 1.29 is 23.1 Å². The molecule has 0 spiro atoms. The standard InChI is InChI=1S/C15H12BrNO5S/c16-12-6-5-10(9-11(12)15(18)19)23(20,21)17-7-8-22-14-4-2-1-3-13(14)17/h1-6,9H,7-8H2,(H,18,19). The molecule has 0 saturated heterocycles. The van der Waals surface area contributed by atoms with Gasteiger partial charge >= 0.3 is 5.97 Å². The maximum atomic E-state index is 12.9. The van der Waals surface area contributed by atoms with Crippen molar-refractivity contribution in [1.82, 2.24) is 0 Å². The van der Waals surface area contributed by atoms with Gasteiger partial charge in [0.05, 0.1) is 22.7 Å². The predicted octanol–water partition coefficient (Wildman–Crippen LogP) is 2.74. The normalized spacial score (nSPS) is 14.0. The zero-order chi connectivity index (χ0) is 16.6. The molecule has 120 valence electrons. The number of hydrogen-bond donors (Lipinski definition) is 1. The maximum Gasteiger partial charge on any atom is 0.336 e. The second-order valence-corrected chi connectivity index (χ2v) is 7.56. The summed E-state index contributed by atoms with van der Waals surface area (Å²) in [7, 11) is -3.88. The Balaban J connectivity index is 2.10. The lowest BCUT2D eigenvalue weighted by atomic mass is 10.2. The highest BCUT2D eigenvalue weighted by atomic mass is 79.9. The molecular formula is C15H12BrNO5S. The van der Waals surface area contributed by atoms with E-state index in [0.29, 0.717) is 15.9 Å². The van der Waals surface area contributed by atoms with Crippen molar-refractivity contribution >= 4 is 37.6 Å². The number of carboxylic acids is 1. The number of carboxylic acid groups (broad SMARTS) is 1. The topological polar surface area (TPSA) is 83.9 Å². The fraction of sp³-hybridized carbons (Fsp3) is 0.133. The summed E-state index contributed by atoms with van der Waals surface area (Å²) in [6.07, 6.45) is 0. The molecule has 0 bridgehead atoms. The molecule has 1 N–H and O–H groups in total. The van der Waals surface area contributed by atoms with Gasteiger partial charge in [-0.2, -0.15) is 0 Å². The number of carbonyl (C=O) groups is 1. The second kappa shape index (κ2) is 5.86. The molecule has 1 aliphatic heterocycles. The van der Waals surface area contributed by atoms with E-state index in [0.717, 1.165) is 6.07 Å². The number of benzene rings is 2. The molecule has 0 amide bonds. The first-order valence-corrected chi connectivity index (χ1v) is 8.92. The molecule has 0 radical (unpaired) electrons. The lowest BCUT2D eigenvalue weighted by molar-refractivity contribution is 0.0695. The molecule has 2 aromatic rings. The Hall–Kier alpha value is -2.06. The first-order valence-electron chi connectivity index (χ1n) is 6.68. The van der Waals surface area contributed by atoms with Crippen LogP contribution in [0.1, 0.15) is 10.4 Å². The van der Waals surface area contributed by atoms with Crippen LogP contribution in [-0.4, -0.2) is 32.6 Å². The van der Waals surface area contributed by atoms with Gasteiger partial charge in [0.2, 0.25) is 0 Å². The molecule has 0 saturated carbocycles. The summed E-state index contributed by atoms with van der Waals surface area (Å²) in [6.45, 7) is 0.399. The van der Waals surface area contributed by atoms with Gasteiger partial charge in [-0.15, -0.1) is 0 Å². The molecule has 23 heavy (non-hydrogen) atoms. The number of para-hydroxylation sites is 2. The van der Waals surface area contributed by atoms with Crippen molar-refractivity contribution in [3.63, 3.8) is 0 Å². The summed E-state index contributed by atoms with van der Waals surface area (Å²) < 4.78 is 32.8. The molecule has 2 aromatic carbocycles. The molecule has 0 atom stereocenters. The molecule has 1 aliphatic rings. The largest absolute Gasteiger partial charge is 0.489 e. The van der Waals surface area contributed by atoms with E-state index in [-0.39, 0.29) is 23.6 Å². The van der Waals surface area contributed by atoms with E-state index in [2.05, 4.69) is 15.9 Å². The fourth-order valence-corrected chi connectivity index (χ4v) is 4.25. The Morgan fingerprint density at radius 3 is 2.70 bits per heavy atom. The minimum absolute atomic E-state index is 0.0743. The van der Waals surface area contributed by atoms with Crippen LogP contribution in [0, 0.1) is 0 Å². The SMILES string of the molecule is O=C(O)c1cc(S(=O)(=O)N2CCOc3ccccc32)ccc1Br. The van der Waals surface area contributed by atoms with Crippen molar-refractivity contribution in [3.05, 3.63) is 52.5 Å². The molecule has 0 aromatic heterocycles. The van der Waals surface area contributed by atoms with Crippen molar-refractivity contribution in [1.29, 1.82) is 0 Å². The van der Waals surface area contributed by atoms with Gasteiger partial charge in [0.15, 0.2) is 0 Å². The summed E-state index contributed by atoms with van der Waals surface area (Å²) >= 11 is 3.11. The quantitative estimate of drug-likeness (QED) is 0.860. The zero-order valence-corrected chi connectivity index (χ0v) is 14.2. The summed E-state index contributed by atoms with van der Waals surface area (Å²) in [6, 6.07) is 10.8. The molecule has 0 aliphatic carbocycles. The lowest BCUT2D eigenvalue weighted by Gasteiger charge is -2.30. The molecule has 0 unspecified atom stereocenters. The number of anilines is 1. The van der Waals surface area contributed by atoms with E-state index in [1.54, 1.807) is 24.3 Å². The highest BCUT2D eigenvalue weighted by molar-refractivity contribution is 9.10. The van der Waals surface area contributed by atoms with Gasteiger partial charge in [-0.25, -0.2) is 13.2 Å². The van der Waals surface area contributed by atoms with Gasteiger partial charge in [0.25, 0.3) is 10.0 Å². The number of sulfonamides is 1. The van der Waals surface area contributed by atoms with E-state index in [1.165, 1.54) is 16.4 Å². The summed E-state index contributed by atoms with van der Waals surface area (Å²) in [5, 5.41) is 9.17. The Morgan fingerprint density at radius 2 is 1.96 bits per heavy atom. The van der Waals surface area contributed by atoms with Crippen molar-refractivity contribution in [2.24, 2.45) is 0 Å². The zero-order valence-electron chi connectivity index (χ0n) is 11.8. The highest BCUT2D eigenvalue weighted by Crippen LogP contribution is 2.35. The van der Waals surface area contributed by atoms with Crippen LogP contribution >= 0.6 is 15.9 Å². The Bertz CT molecular complexity index is 881. The molecule has 1 heterocycles. The maximum absolute atomic E-state index is 12.9. The molecule has 3 rings (SSSR count). The van der Waals surface area contributed by atoms with Crippen LogP contribution < -0.4 is 9.04 Å². The third kappa shape index (κ3) is 2.79. The lowest BCUT2D eigenvalue weighted by Crippen LogP contribution is -2.37.